The first-order chi connectivity index (χ1) is 12.5. The third-order valence-electron chi connectivity index (χ3n) is 5.24. The van der Waals surface area contributed by atoms with E-state index in [0.29, 0.717) is 6.61 Å². The van der Waals surface area contributed by atoms with Crippen LogP contribution in [-0.2, 0) is 24.3 Å². The quantitative estimate of drug-likeness (QED) is 0.605. The molecule has 0 fully saturated rings. The van der Waals surface area contributed by atoms with Gasteiger partial charge in [0.05, 0.1) is 17.6 Å². The maximum atomic E-state index is 13.4. The van der Waals surface area contributed by atoms with Gasteiger partial charge in [-0.15, -0.1) is 11.3 Å². The number of ether oxygens (including phenoxy) is 1. The van der Waals surface area contributed by atoms with Crippen molar-refractivity contribution < 1.29 is 17.1 Å². The van der Waals surface area contributed by atoms with Crippen LogP contribution in [0.25, 0.3) is 10.2 Å². The molecule has 2 aromatic heterocycles. The average molecular weight is 403 g/mol. The van der Waals surface area contributed by atoms with Gasteiger partial charge >= 0.3 is 0 Å². The maximum Gasteiger partial charge on any atom is 0.263 e. The lowest BCUT2D eigenvalue weighted by molar-refractivity contribution is -0.0379. The monoisotopic (exact) mass is 402 g/mol. The molecule has 27 heavy (non-hydrogen) atoms. The zero-order valence-corrected chi connectivity index (χ0v) is 16.9. The van der Waals surface area contributed by atoms with Crippen molar-refractivity contribution in [1.29, 1.82) is 0 Å². The minimum Gasteiger partial charge on any atom is -1.00 e. The minimum absolute atomic E-state index is 0. The number of benzene rings is 1. The molecule has 3 aromatic rings. The normalized spacial score (nSPS) is 17.9. The number of hydrogen-bond acceptors (Lipinski definition) is 5. The summed E-state index contributed by atoms with van der Waals surface area (Å²) in [7, 11) is 0. The van der Waals surface area contributed by atoms with Gasteiger partial charge in [-0.05, 0) is 38.0 Å². The van der Waals surface area contributed by atoms with Crippen LogP contribution in [0.1, 0.15) is 30.7 Å². The summed E-state index contributed by atoms with van der Waals surface area (Å²) in [5.74, 6) is 0.763. The summed E-state index contributed by atoms with van der Waals surface area (Å²) in [5, 5.41) is 0.806. The molecule has 0 N–H and O–H groups in total. The van der Waals surface area contributed by atoms with E-state index < -0.39 is 0 Å². The molecule has 1 aromatic carbocycles. The highest BCUT2D eigenvalue weighted by molar-refractivity contribution is 7.18. The van der Waals surface area contributed by atoms with Crippen molar-refractivity contribution in [1.82, 2.24) is 9.55 Å². The first-order valence-corrected chi connectivity index (χ1v) is 9.87. The number of fused-ring (bicyclic) bond motifs is 4. The molecule has 2 aliphatic rings. The van der Waals surface area contributed by atoms with Crippen LogP contribution < -0.4 is 22.9 Å². The van der Waals surface area contributed by atoms with Gasteiger partial charge in [-0.25, -0.2) is 4.98 Å². The second-order valence-electron chi connectivity index (χ2n) is 7.62. The first kappa shape index (κ1) is 18.5. The maximum absolute atomic E-state index is 13.4. The van der Waals surface area contributed by atoms with Crippen molar-refractivity contribution in [2.45, 2.75) is 45.4 Å². The van der Waals surface area contributed by atoms with E-state index in [0.717, 1.165) is 58.2 Å². The number of para-hydroxylation sites is 1. The van der Waals surface area contributed by atoms with Crippen LogP contribution in [0.4, 0.5) is 11.6 Å². The van der Waals surface area contributed by atoms with E-state index in [1.807, 2.05) is 22.8 Å². The van der Waals surface area contributed by atoms with E-state index in [-0.39, 0.29) is 23.6 Å². The van der Waals surface area contributed by atoms with E-state index in [1.165, 1.54) is 0 Å². The summed E-state index contributed by atoms with van der Waals surface area (Å²) >= 11 is 1.61. The molecular formula is C20H21ClN3O2S-. The molecule has 5 rings (SSSR count). The second-order valence-corrected chi connectivity index (χ2v) is 8.70. The van der Waals surface area contributed by atoms with Crippen molar-refractivity contribution in [3.8, 4) is 0 Å². The number of halogens is 1. The zero-order valence-electron chi connectivity index (χ0n) is 15.4. The molecular weight excluding hydrogens is 382 g/mol. The standard InChI is InChI=1S/C20H21N3O2S.ClH/c1-20(2)11-14-15(12-25-20)26-17-16(14)18(24)23-10-6-9-22(19(23)21-17)13-7-4-3-5-8-13;/h3-5,7-8H,6,9-12H2,1-2H3;1H/p-1. The fraction of sp³-hybridized carbons (Fsp3) is 0.400. The molecule has 0 spiro atoms. The summed E-state index contributed by atoms with van der Waals surface area (Å²) in [6.07, 6.45) is 1.71. The van der Waals surface area contributed by atoms with Crippen LogP contribution >= 0.6 is 11.3 Å². The third-order valence-corrected chi connectivity index (χ3v) is 6.34. The number of hydrogen-bond donors (Lipinski definition) is 0. The Morgan fingerprint density at radius 1 is 1.19 bits per heavy atom. The zero-order chi connectivity index (χ0) is 17.9. The molecule has 0 radical (unpaired) electrons. The summed E-state index contributed by atoms with van der Waals surface area (Å²) in [4.78, 5) is 22.4. The van der Waals surface area contributed by atoms with Gasteiger partial charge in [0.2, 0.25) is 5.95 Å². The Hall–Kier alpha value is -1.89. The van der Waals surface area contributed by atoms with Gasteiger partial charge in [-0.2, -0.15) is 0 Å². The smallest absolute Gasteiger partial charge is 0.263 e. The molecule has 142 valence electrons. The Balaban J connectivity index is 0.00000180. The third kappa shape index (κ3) is 2.96. The lowest BCUT2D eigenvalue weighted by Crippen LogP contribution is -3.00. The largest absolute Gasteiger partial charge is 1.00 e. The van der Waals surface area contributed by atoms with E-state index in [4.69, 9.17) is 9.72 Å². The van der Waals surface area contributed by atoms with Crippen molar-refractivity contribution in [2.75, 3.05) is 11.4 Å². The highest BCUT2D eigenvalue weighted by atomic mass is 35.5. The van der Waals surface area contributed by atoms with Crippen LogP contribution in [0.5, 0.6) is 0 Å². The highest BCUT2D eigenvalue weighted by Gasteiger charge is 2.32. The van der Waals surface area contributed by atoms with Gasteiger partial charge < -0.3 is 22.0 Å². The van der Waals surface area contributed by atoms with Gasteiger partial charge in [-0.3, -0.25) is 9.36 Å². The molecule has 7 heteroatoms. The average Bonchev–Trinajstić information content (AvgIpc) is 2.99. The minimum atomic E-state index is -0.232. The SMILES string of the molecule is CC1(C)Cc2c(sc3nc4n(c(=O)c23)CCCN4c2ccccc2)CO1.[Cl-]. The van der Waals surface area contributed by atoms with Crippen molar-refractivity contribution >= 4 is 33.2 Å². The number of aromatic nitrogens is 2. The van der Waals surface area contributed by atoms with Crippen LogP contribution in [0.3, 0.4) is 0 Å². The van der Waals surface area contributed by atoms with Gasteiger partial charge in [-0.1, -0.05) is 18.2 Å². The highest BCUT2D eigenvalue weighted by Crippen LogP contribution is 2.38. The fourth-order valence-electron chi connectivity index (χ4n) is 3.96. The van der Waals surface area contributed by atoms with Crippen molar-refractivity contribution in [3.05, 3.63) is 51.1 Å². The van der Waals surface area contributed by atoms with Gasteiger partial charge in [0.25, 0.3) is 5.56 Å². The molecule has 5 nitrogen and oxygen atoms in total. The predicted octanol–water partition coefficient (Wildman–Crippen LogP) is 0.855. The lowest BCUT2D eigenvalue weighted by Gasteiger charge is -2.31. The Labute approximate surface area is 168 Å². The van der Waals surface area contributed by atoms with Gasteiger partial charge in [0, 0.05) is 30.1 Å². The Kier molecular flexibility index (Phi) is 4.53. The number of thiophene rings is 1. The summed E-state index contributed by atoms with van der Waals surface area (Å²) < 4.78 is 7.80. The molecule has 0 bridgehead atoms. The van der Waals surface area contributed by atoms with Gasteiger partial charge in [0.15, 0.2) is 0 Å². The molecule has 0 atom stereocenters. The van der Waals surface area contributed by atoms with Crippen LogP contribution in [0, 0.1) is 0 Å². The van der Waals surface area contributed by atoms with E-state index in [2.05, 4.69) is 30.9 Å². The lowest BCUT2D eigenvalue weighted by atomic mass is 9.94. The molecule has 2 aliphatic heterocycles. The van der Waals surface area contributed by atoms with E-state index in [1.54, 1.807) is 11.3 Å². The summed E-state index contributed by atoms with van der Waals surface area (Å²) in [5.41, 5.74) is 2.09. The van der Waals surface area contributed by atoms with Crippen molar-refractivity contribution in [3.63, 3.8) is 0 Å². The molecule has 0 amide bonds. The molecule has 4 heterocycles. The number of rotatable bonds is 1. The first-order valence-electron chi connectivity index (χ1n) is 9.05. The van der Waals surface area contributed by atoms with E-state index in [9.17, 15) is 4.79 Å². The predicted molar refractivity (Wildman–Crippen MR) is 105 cm³/mol. The summed E-state index contributed by atoms with van der Waals surface area (Å²) in [6.45, 7) is 6.34. The fourth-order valence-corrected chi connectivity index (χ4v) is 5.05. The molecule has 0 saturated carbocycles. The van der Waals surface area contributed by atoms with Gasteiger partial charge in [0.1, 0.15) is 4.83 Å². The molecule has 0 saturated heterocycles. The number of nitrogens with zero attached hydrogens (tertiary/aromatic N) is 3. The van der Waals surface area contributed by atoms with Crippen molar-refractivity contribution in [2.24, 2.45) is 0 Å². The number of anilines is 2. The molecule has 0 aliphatic carbocycles. The Morgan fingerprint density at radius 3 is 2.74 bits per heavy atom. The van der Waals surface area contributed by atoms with E-state index >= 15 is 0 Å². The van der Waals surface area contributed by atoms with Crippen LogP contribution in [0.15, 0.2) is 35.1 Å². The van der Waals surface area contributed by atoms with Crippen LogP contribution in [-0.4, -0.2) is 21.7 Å². The molecule has 0 unspecified atom stereocenters. The second kappa shape index (κ2) is 6.62. The topological polar surface area (TPSA) is 47.4 Å². The van der Waals surface area contributed by atoms with Crippen LogP contribution in [0.2, 0.25) is 0 Å². The summed E-state index contributed by atoms with van der Waals surface area (Å²) in [6, 6.07) is 10.2. The Bertz CT molecular complexity index is 1060. The Morgan fingerprint density at radius 2 is 1.96 bits per heavy atom.